The average molecular weight is 374 g/mol. The minimum absolute atomic E-state index is 0.581. The molecule has 5 rings (SSSR count). The molecular weight excluding hydrogens is 353 g/mol. The van der Waals surface area contributed by atoms with Crippen molar-refractivity contribution in [2.24, 2.45) is 5.92 Å². The smallest absolute Gasteiger partial charge is 0.0612 e. The molecule has 0 amide bonds. The van der Waals surface area contributed by atoms with Gasteiger partial charge in [-0.1, -0.05) is 23.2 Å². The first-order chi connectivity index (χ1) is 12.2. The summed E-state index contributed by atoms with van der Waals surface area (Å²) in [7, 11) is 0. The monoisotopic (exact) mass is 373 g/mol. The van der Waals surface area contributed by atoms with Gasteiger partial charge >= 0.3 is 0 Å². The molecule has 0 bridgehead atoms. The van der Waals surface area contributed by atoms with Crippen LogP contribution in [0, 0.1) is 5.92 Å². The second-order valence-corrected chi connectivity index (χ2v) is 8.22. The topological polar surface area (TPSA) is 27.3 Å². The highest BCUT2D eigenvalue weighted by Gasteiger charge is 2.38. The summed E-state index contributed by atoms with van der Waals surface area (Å²) in [5, 5.41) is 8.29. The Bertz CT molecular complexity index is 836. The van der Waals surface area contributed by atoms with Crippen LogP contribution in [0.15, 0.2) is 30.3 Å². The number of hydrogen-bond acceptors (Lipinski definition) is 3. The number of hydrogen-bond donors (Lipinski definition) is 2. The van der Waals surface area contributed by atoms with Crippen molar-refractivity contribution in [2.75, 3.05) is 36.4 Å². The number of nitrogens with one attached hydrogen (secondary N) is 2. The van der Waals surface area contributed by atoms with Gasteiger partial charge in [0.2, 0.25) is 0 Å². The Morgan fingerprint density at radius 2 is 1.96 bits per heavy atom. The second kappa shape index (κ2) is 6.08. The molecule has 3 aliphatic rings. The molecule has 3 aliphatic heterocycles. The van der Waals surface area contributed by atoms with Gasteiger partial charge in [0.25, 0.3) is 0 Å². The van der Waals surface area contributed by atoms with Gasteiger partial charge in [0.15, 0.2) is 0 Å². The second-order valence-electron chi connectivity index (χ2n) is 7.40. The van der Waals surface area contributed by atoms with Crippen LogP contribution in [-0.2, 0) is 6.42 Å². The molecular formula is C20H21Cl2N3. The van der Waals surface area contributed by atoms with Crippen LogP contribution in [0.3, 0.4) is 0 Å². The highest BCUT2D eigenvalue weighted by molar-refractivity contribution is 6.42. The molecule has 0 saturated carbocycles. The van der Waals surface area contributed by atoms with Gasteiger partial charge in [0.1, 0.15) is 0 Å². The van der Waals surface area contributed by atoms with Crippen LogP contribution >= 0.6 is 23.2 Å². The highest BCUT2D eigenvalue weighted by atomic mass is 35.5. The van der Waals surface area contributed by atoms with E-state index in [1.54, 1.807) is 0 Å². The number of fused-ring (bicyclic) bond motifs is 2. The summed E-state index contributed by atoms with van der Waals surface area (Å²) in [4.78, 5) is 2.62. The van der Waals surface area contributed by atoms with Gasteiger partial charge < -0.3 is 15.5 Å². The van der Waals surface area contributed by atoms with Gasteiger partial charge in [0.05, 0.1) is 10.0 Å². The Labute approximate surface area is 158 Å². The third-order valence-electron chi connectivity index (χ3n) is 5.81. The molecule has 0 aliphatic carbocycles. The lowest BCUT2D eigenvalue weighted by atomic mass is 9.80. The van der Waals surface area contributed by atoms with Crippen LogP contribution in [0.5, 0.6) is 0 Å². The molecule has 2 N–H and O–H groups in total. The molecule has 0 unspecified atom stereocenters. The van der Waals surface area contributed by atoms with Crippen molar-refractivity contribution in [2.45, 2.75) is 18.8 Å². The van der Waals surface area contributed by atoms with E-state index in [2.05, 4.69) is 27.7 Å². The Morgan fingerprint density at radius 1 is 1.04 bits per heavy atom. The van der Waals surface area contributed by atoms with Crippen LogP contribution in [0.1, 0.15) is 23.5 Å². The van der Waals surface area contributed by atoms with Crippen molar-refractivity contribution in [1.82, 2.24) is 5.32 Å². The van der Waals surface area contributed by atoms with E-state index in [1.165, 1.54) is 42.7 Å². The third-order valence-corrected chi connectivity index (χ3v) is 6.55. The fourth-order valence-electron chi connectivity index (χ4n) is 4.72. The number of benzene rings is 2. The van der Waals surface area contributed by atoms with Gasteiger partial charge in [0, 0.05) is 49.2 Å². The van der Waals surface area contributed by atoms with E-state index in [4.69, 9.17) is 23.2 Å². The molecule has 2 aromatic carbocycles. The first kappa shape index (κ1) is 15.8. The standard InChI is InChI=1S/C20H21Cl2N3/c21-18-4-3-14(8-19(18)22)24-15-6-12-2-1-5-25-11-13-9-23-10-17(13)16(7-15)20(12)25/h3-4,6-8,13,17,23-24H,1-2,5,9-11H2/t13-,17+/m0/s1. The zero-order valence-corrected chi connectivity index (χ0v) is 15.5. The lowest BCUT2D eigenvalue weighted by Gasteiger charge is -2.42. The summed E-state index contributed by atoms with van der Waals surface area (Å²) in [6, 6.07) is 10.4. The Morgan fingerprint density at radius 3 is 2.84 bits per heavy atom. The summed E-state index contributed by atoms with van der Waals surface area (Å²) in [6.07, 6.45) is 2.41. The Balaban J connectivity index is 1.56. The van der Waals surface area contributed by atoms with E-state index in [9.17, 15) is 0 Å². The summed E-state index contributed by atoms with van der Waals surface area (Å²) >= 11 is 12.2. The zero-order valence-electron chi connectivity index (χ0n) is 14.0. The lowest BCUT2D eigenvalue weighted by Crippen LogP contribution is -2.40. The number of halogens is 2. The summed E-state index contributed by atoms with van der Waals surface area (Å²) in [6.45, 7) is 4.64. The maximum absolute atomic E-state index is 6.17. The number of nitrogens with zero attached hydrogens (tertiary/aromatic N) is 1. The van der Waals surface area contributed by atoms with Crippen LogP contribution in [-0.4, -0.2) is 26.2 Å². The van der Waals surface area contributed by atoms with E-state index in [0.717, 1.165) is 30.4 Å². The van der Waals surface area contributed by atoms with Crippen molar-refractivity contribution in [1.29, 1.82) is 0 Å². The van der Waals surface area contributed by atoms with Crippen molar-refractivity contribution < 1.29 is 0 Å². The van der Waals surface area contributed by atoms with Crippen molar-refractivity contribution >= 4 is 40.3 Å². The molecule has 3 heterocycles. The van der Waals surface area contributed by atoms with Crippen molar-refractivity contribution in [3.05, 3.63) is 51.5 Å². The molecule has 0 radical (unpaired) electrons. The van der Waals surface area contributed by atoms with Crippen molar-refractivity contribution in [3.8, 4) is 0 Å². The molecule has 0 spiro atoms. The fraction of sp³-hybridized carbons (Fsp3) is 0.400. The van der Waals surface area contributed by atoms with E-state index in [1.807, 2.05) is 18.2 Å². The first-order valence-electron chi connectivity index (χ1n) is 9.03. The highest BCUT2D eigenvalue weighted by Crippen LogP contribution is 2.46. The van der Waals surface area contributed by atoms with Gasteiger partial charge in [-0.3, -0.25) is 0 Å². The normalized spacial score (nSPS) is 24.0. The molecule has 3 nitrogen and oxygen atoms in total. The molecule has 2 aromatic rings. The lowest BCUT2D eigenvalue weighted by molar-refractivity contribution is 0.470. The molecule has 2 atom stereocenters. The van der Waals surface area contributed by atoms with Gasteiger partial charge in [-0.05, 0) is 60.2 Å². The van der Waals surface area contributed by atoms with Gasteiger partial charge in [-0.15, -0.1) is 0 Å². The molecule has 130 valence electrons. The first-order valence-corrected chi connectivity index (χ1v) is 9.79. The predicted molar refractivity (Wildman–Crippen MR) is 106 cm³/mol. The van der Waals surface area contributed by atoms with Crippen LogP contribution in [0.4, 0.5) is 17.1 Å². The number of anilines is 3. The molecule has 25 heavy (non-hydrogen) atoms. The molecule has 0 aromatic heterocycles. The maximum atomic E-state index is 6.17. The van der Waals surface area contributed by atoms with Gasteiger partial charge in [-0.25, -0.2) is 0 Å². The molecule has 1 fully saturated rings. The summed E-state index contributed by atoms with van der Waals surface area (Å²) in [5.41, 5.74) is 6.64. The van der Waals surface area contributed by atoms with Crippen LogP contribution in [0.25, 0.3) is 0 Å². The van der Waals surface area contributed by atoms with Crippen LogP contribution in [0.2, 0.25) is 10.0 Å². The van der Waals surface area contributed by atoms with E-state index >= 15 is 0 Å². The predicted octanol–water partition coefficient (Wildman–Crippen LogP) is 4.81. The van der Waals surface area contributed by atoms with E-state index < -0.39 is 0 Å². The number of aryl methyl sites for hydroxylation is 1. The quantitative estimate of drug-likeness (QED) is 0.790. The molecule has 1 saturated heterocycles. The molecule has 5 heteroatoms. The fourth-order valence-corrected chi connectivity index (χ4v) is 5.02. The average Bonchev–Trinajstić information content (AvgIpc) is 3.07. The third kappa shape index (κ3) is 2.69. The van der Waals surface area contributed by atoms with E-state index in [0.29, 0.717) is 16.0 Å². The summed E-state index contributed by atoms with van der Waals surface area (Å²) < 4.78 is 0. The minimum Gasteiger partial charge on any atom is -0.371 e. The van der Waals surface area contributed by atoms with E-state index in [-0.39, 0.29) is 0 Å². The Hall–Kier alpha value is -1.42. The Kier molecular flexibility index (Phi) is 3.85. The SMILES string of the molecule is Clc1ccc(Nc2cc3c4c(c2)[C@@H]2CNC[C@H]2CN4CCC3)cc1Cl. The van der Waals surface area contributed by atoms with Crippen molar-refractivity contribution in [3.63, 3.8) is 0 Å². The zero-order chi connectivity index (χ0) is 17.0. The van der Waals surface area contributed by atoms with Gasteiger partial charge in [-0.2, -0.15) is 0 Å². The largest absolute Gasteiger partial charge is 0.371 e. The summed E-state index contributed by atoms with van der Waals surface area (Å²) in [5.74, 6) is 1.37. The minimum atomic E-state index is 0.581. The maximum Gasteiger partial charge on any atom is 0.0612 e. The van der Waals surface area contributed by atoms with Crippen LogP contribution < -0.4 is 15.5 Å². The number of rotatable bonds is 2.